The first kappa shape index (κ1) is 13.4. The van der Waals surface area contributed by atoms with E-state index in [2.05, 4.69) is 15.9 Å². The van der Waals surface area contributed by atoms with Crippen molar-refractivity contribution in [1.29, 1.82) is 0 Å². The van der Waals surface area contributed by atoms with Gasteiger partial charge in [0.1, 0.15) is 0 Å². The quantitative estimate of drug-likeness (QED) is 0.640. The molecule has 2 aromatic carbocycles. The SMILES string of the molecule is Nc1cc(C(=O)c2ccc(Br)cc2)cc(Cl)c1Cl. The molecule has 2 aromatic rings. The van der Waals surface area contributed by atoms with E-state index in [0.29, 0.717) is 16.8 Å². The van der Waals surface area contributed by atoms with Crippen LogP contribution < -0.4 is 5.73 Å². The van der Waals surface area contributed by atoms with E-state index in [1.165, 1.54) is 12.1 Å². The third kappa shape index (κ3) is 2.69. The van der Waals surface area contributed by atoms with E-state index in [4.69, 9.17) is 28.9 Å². The predicted octanol–water partition coefficient (Wildman–Crippen LogP) is 4.57. The van der Waals surface area contributed by atoms with Crippen LogP contribution in [0.15, 0.2) is 40.9 Å². The molecule has 2 rings (SSSR count). The van der Waals surface area contributed by atoms with Gasteiger partial charge in [0.15, 0.2) is 5.78 Å². The zero-order chi connectivity index (χ0) is 13.3. The van der Waals surface area contributed by atoms with Crippen molar-refractivity contribution in [3.8, 4) is 0 Å². The van der Waals surface area contributed by atoms with E-state index < -0.39 is 0 Å². The van der Waals surface area contributed by atoms with Crippen molar-refractivity contribution in [1.82, 2.24) is 0 Å². The summed E-state index contributed by atoms with van der Waals surface area (Å²) in [4.78, 5) is 12.2. The molecule has 2 N–H and O–H groups in total. The summed E-state index contributed by atoms with van der Waals surface area (Å²) in [6.45, 7) is 0. The zero-order valence-electron chi connectivity index (χ0n) is 9.08. The topological polar surface area (TPSA) is 43.1 Å². The monoisotopic (exact) mass is 343 g/mol. The normalized spacial score (nSPS) is 10.4. The second kappa shape index (κ2) is 5.31. The first-order valence-corrected chi connectivity index (χ1v) is 6.58. The van der Waals surface area contributed by atoms with E-state index >= 15 is 0 Å². The fourth-order valence-corrected chi connectivity index (χ4v) is 2.11. The molecule has 18 heavy (non-hydrogen) atoms. The summed E-state index contributed by atoms with van der Waals surface area (Å²) in [5.74, 6) is -0.146. The molecule has 0 atom stereocenters. The number of carbonyl (C=O) groups excluding carboxylic acids is 1. The Hall–Kier alpha value is -1.03. The minimum absolute atomic E-state index is 0.146. The minimum Gasteiger partial charge on any atom is -0.397 e. The Kier molecular flexibility index (Phi) is 3.95. The highest BCUT2D eigenvalue weighted by Crippen LogP contribution is 2.30. The van der Waals surface area contributed by atoms with Gasteiger partial charge in [-0.05, 0) is 36.4 Å². The largest absolute Gasteiger partial charge is 0.397 e. The van der Waals surface area contributed by atoms with Gasteiger partial charge in [-0.2, -0.15) is 0 Å². The number of nitrogen functional groups attached to an aromatic ring is 1. The second-order valence-corrected chi connectivity index (χ2v) is 5.40. The van der Waals surface area contributed by atoms with Gasteiger partial charge in [-0.25, -0.2) is 0 Å². The maximum atomic E-state index is 12.2. The van der Waals surface area contributed by atoms with Crippen LogP contribution in [0.5, 0.6) is 0 Å². The molecule has 0 saturated carbocycles. The first-order chi connectivity index (χ1) is 8.49. The number of hydrogen-bond donors (Lipinski definition) is 1. The Balaban J connectivity index is 2.43. The lowest BCUT2D eigenvalue weighted by Gasteiger charge is -2.06. The number of halogens is 3. The molecule has 0 spiro atoms. The van der Waals surface area contributed by atoms with Gasteiger partial charge in [-0.15, -0.1) is 0 Å². The van der Waals surface area contributed by atoms with Crippen molar-refractivity contribution in [3.05, 3.63) is 62.0 Å². The molecule has 2 nitrogen and oxygen atoms in total. The van der Waals surface area contributed by atoms with Crippen LogP contribution in [-0.4, -0.2) is 5.78 Å². The molecule has 0 aliphatic heterocycles. The van der Waals surface area contributed by atoms with Gasteiger partial charge in [-0.3, -0.25) is 4.79 Å². The molecule has 0 radical (unpaired) electrons. The summed E-state index contributed by atoms with van der Waals surface area (Å²) in [5, 5.41) is 0.543. The first-order valence-electron chi connectivity index (χ1n) is 5.04. The highest BCUT2D eigenvalue weighted by atomic mass is 79.9. The van der Waals surface area contributed by atoms with Gasteiger partial charge in [0, 0.05) is 15.6 Å². The lowest BCUT2D eigenvalue weighted by molar-refractivity contribution is 0.103. The smallest absolute Gasteiger partial charge is 0.193 e. The van der Waals surface area contributed by atoms with Gasteiger partial charge in [0.05, 0.1) is 15.7 Å². The number of hydrogen-bond acceptors (Lipinski definition) is 2. The van der Waals surface area contributed by atoms with Gasteiger partial charge >= 0.3 is 0 Å². The van der Waals surface area contributed by atoms with Crippen molar-refractivity contribution in [2.45, 2.75) is 0 Å². The third-order valence-corrected chi connectivity index (χ3v) is 3.77. The van der Waals surface area contributed by atoms with Gasteiger partial charge in [0.2, 0.25) is 0 Å². The van der Waals surface area contributed by atoms with Crippen molar-refractivity contribution in [2.24, 2.45) is 0 Å². The minimum atomic E-state index is -0.146. The molecule has 0 fully saturated rings. The lowest BCUT2D eigenvalue weighted by Crippen LogP contribution is -2.02. The Morgan fingerprint density at radius 3 is 2.22 bits per heavy atom. The lowest BCUT2D eigenvalue weighted by atomic mass is 10.0. The Bertz CT molecular complexity index is 588. The average Bonchev–Trinajstić information content (AvgIpc) is 2.35. The molecule has 0 aromatic heterocycles. The number of ketones is 1. The number of carbonyl (C=O) groups is 1. The molecule has 0 aliphatic carbocycles. The predicted molar refractivity (Wildman–Crippen MR) is 78.4 cm³/mol. The molecule has 0 bridgehead atoms. The molecule has 0 aliphatic rings. The molecule has 0 unspecified atom stereocenters. The maximum absolute atomic E-state index is 12.2. The van der Waals surface area contributed by atoms with Crippen LogP contribution in [0.4, 0.5) is 5.69 Å². The molecular formula is C13H8BrCl2NO. The van der Waals surface area contributed by atoms with Crippen molar-refractivity contribution >= 4 is 50.6 Å². The van der Waals surface area contributed by atoms with Gasteiger partial charge in [-0.1, -0.05) is 39.1 Å². The van der Waals surface area contributed by atoms with Crippen molar-refractivity contribution < 1.29 is 4.79 Å². The molecule has 5 heteroatoms. The van der Waals surface area contributed by atoms with Crippen LogP contribution in [0.1, 0.15) is 15.9 Å². The zero-order valence-corrected chi connectivity index (χ0v) is 12.2. The summed E-state index contributed by atoms with van der Waals surface area (Å²) in [7, 11) is 0. The van der Waals surface area contributed by atoms with Crippen LogP contribution in [0.2, 0.25) is 10.0 Å². The number of anilines is 1. The summed E-state index contributed by atoms with van der Waals surface area (Å²) in [5.41, 5.74) is 6.97. The summed E-state index contributed by atoms with van der Waals surface area (Å²) in [6, 6.07) is 10.1. The van der Waals surface area contributed by atoms with E-state index in [0.717, 1.165) is 4.47 Å². The summed E-state index contributed by atoms with van der Waals surface area (Å²) >= 11 is 15.1. The maximum Gasteiger partial charge on any atom is 0.193 e. The Labute approximate surface area is 123 Å². The van der Waals surface area contributed by atoms with E-state index in [9.17, 15) is 4.79 Å². The van der Waals surface area contributed by atoms with Crippen molar-refractivity contribution in [2.75, 3.05) is 5.73 Å². The Morgan fingerprint density at radius 2 is 1.67 bits per heavy atom. The molecule has 92 valence electrons. The van der Waals surface area contributed by atoms with E-state index in [1.807, 2.05) is 0 Å². The molecule has 0 heterocycles. The van der Waals surface area contributed by atoms with Crippen molar-refractivity contribution in [3.63, 3.8) is 0 Å². The van der Waals surface area contributed by atoms with Crippen LogP contribution in [-0.2, 0) is 0 Å². The third-order valence-electron chi connectivity index (χ3n) is 2.42. The van der Waals surface area contributed by atoms with E-state index in [1.54, 1.807) is 24.3 Å². The van der Waals surface area contributed by atoms with Crippen LogP contribution in [0.25, 0.3) is 0 Å². The van der Waals surface area contributed by atoms with Gasteiger partial charge in [0.25, 0.3) is 0 Å². The summed E-state index contributed by atoms with van der Waals surface area (Å²) in [6.07, 6.45) is 0. The second-order valence-electron chi connectivity index (χ2n) is 3.70. The van der Waals surface area contributed by atoms with Crippen LogP contribution >= 0.6 is 39.1 Å². The molecule has 0 saturated heterocycles. The van der Waals surface area contributed by atoms with E-state index in [-0.39, 0.29) is 15.8 Å². The highest BCUT2D eigenvalue weighted by molar-refractivity contribution is 9.10. The molecule has 0 amide bonds. The Morgan fingerprint density at radius 1 is 1.06 bits per heavy atom. The standard InChI is InChI=1S/C13H8BrCl2NO/c14-9-3-1-7(2-4-9)13(18)8-5-10(15)12(16)11(17)6-8/h1-6H,17H2. The fraction of sp³-hybridized carbons (Fsp3) is 0. The van der Waals surface area contributed by atoms with Crippen LogP contribution in [0.3, 0.4) is 0 Å². The highest BCUT2D eigenvalue weighted by Gasteiger charge is 2.13. The van der Waals surface area contributed by atoms with Crippen LogP contribution in [0, 0.1) is 0 Å². The summed E-state index contributed by atoms with van der Waals surface area (Å²) < 4.78 is 0.910. The number of rotatable bonds is 2. The molecular weight excluding hydrogens is 337 g/mol. The average molecular weight is 345 g/mol. The van der Waals surface area contributed by atoms with Gasteiger partial charge < -0.3 is 5.73 Å². The fourth-order valence-electron chi connectivity index (χ4n) is 1.51. The number of benzene rings is 2. The number of nitrogens with two attached hydrogens (primary N) is 1.